The Labute approximate surface area is 128 Å². The lowest BCUT2D eigenvalue weighted by Crippen LogP contribution is -2.06. The molecule has 0 unspecified atom stereocenters. The molecule has 0 saturated heterocycles. The molecule has 2 aromatic carbocycles. The third kappa shape index (κ3) is 2.68. The van der Waals surface area contributed by atoms with Crippen molar-refractivity contribution in [1.82, 2.24) is 0 Å². The average molecular weight is 302 g/mol. The van der Waals surface area contributed by atoms with Gasteiger partial charge in [0.2, 0.25) is 0 Å². The molecule has 0 fully saturated rings. The molecule has 3 heteroatoms. The fourth-order valence-corrected chi connectivity index (χ4v) is 2.97. The van der Waals surface area contributed by atoms with Crippen molar-refractivity contribution >= 4 is 5.57 Å². The summed E-state index contributed by atoms with van der Waals surface area (Å²) < 4.78 is 41.8. The maximum atomic E-state index is 14.3. The van der Waals surface area contributed by atoms with Crippen molar-refractivity contribution < 1.29 is 13.2 Å². The molecule has 22 heavy (non-hydrogen) atoms. The first-order chi connectivity index (χ1) is 10.6. The minimum absolute atomic E-state index is 0.285. The van der Waals surface area contributed by atoms with Crippen LogP contribution in [0.15, 0.2) is 36.4 Å². The summed E-state index contributed by atoms with van der Waals surface area (Å²) in [5, 5.41) is 0. The summed E-state index contributed by atoms with van der Waals surface area (Å²) in [5.41, 5.74) is 3.29. The number of benzene rings is 2. The van der Waals surface area contributed by atoms with Gasteiger partial charge < -0.3 is 0 Å². The van der Waals surface area contributed by atoms with E-state index in [0.717, 1.165) is 23.1 Å². The Hall–Kier alpha value is -2.03. The maximum absolute atomic E-state index is 14.3. The topological polar surface area (TPSA) is 0 Å². The van der Waals surface area contributed by atoms with Crippen LogP contribution in [0.25, 0.3) is 5.57 Å². The first-order valence-electron chi connectivity index (χ1n) is 7.53. The Morgan fingerprint density at radius 2 is 1.77 bits per heavy atom. The Balaban J connectivity index is 1.96. The van der Waals surface area contributed by atoms with E-state index < -0.39 is 11.6 Å². The molecule has 0 aromatic heterocycles. The van der Waals surface area contributed by atoms with Crippen LogP contribution in [0, 0.1) is 17.5 Å². The molecule has 0 bridgehead atoms. The second-order valence-electron chi connectivity index (χ2n) is 5.67. The highest BCUT2D eigenvalue weighted by Crippen LogP contribution is 2.31. The van der Waals surface area contributed by atoms with Crippen molar-refractivity contribution in [3.63, 3.8) is 0 Å². The van der Waals surface area contributed by atoms with Crippen LogP contribution >= 0.6 is 0 Å². The number of rotatable bonds is 3. The highest BCUT2D eigenvalue weighted by atomic mass is 19.2. The second kappa shape index (κ2) is 5.99. The van der Waals surface area contributed by atoms with Crippen molar-refractivity contribution in [3.8, 4) is 0 Å². The zero-order valence-electron chi connectivity index (χ0n) is 12.4. The first kappa shape index (κ1) is 14.9. The van der Waals surface area contributed by atoms with Crippen molar-refractivity contribution in [2.75, 3.05) is 0 Å². The summed E-state index contributed by atoms with van der Waals surface area (Å²) in [7, 11) is 0. The number of hydrogen-bond donors (Lipinski definition) is 0. The molecule has 2 aromatic rings. The van der Waals surface area contributed by atoms with Gasteiger partial charge in [0, 0.05) is 5.56 Å². The van der Waals surface area contributed by atoms with Crippen molar-refractivity contribution in [1.29, 1.82) is 0 Å². The minimum Gasteiger partial charge on any atom is -0.207 e. The average Bonchev–Trinajstić information content (AvgIpc) is 2.51. The Morgan fingerprint density at radius 1 is 0.955 bits per heavy atom. The molecule has 0 radical (unpaired) electrons. The van der Waals surface area contributed by atoms with Crippen LogP contribution in [-0.2, 0) is 19.3 Å². The van der Waals surface area contributed by atoms with Crippen LogP contribution < -0.4 is 0 Å². The van der Waals surface area contributed by atoms with Crippen LogP contribution in [-0.4, -0.2) is 0 Å². The molecule has 3 rings (SSSR count). The molecule has 0 nitrogen and oxygen atoms in total. The quantitative estimate of drug-likeness (QED) is 0.727. The van der Waals surface area contributed by atoms with Crippen LogP contribution in [0.3, 0.4) is 0 Å². The van der Waals surface area contributed by atoms with Crippen molar-refractivity contribution in [2.24, 2.45) is 0 Å². The summed E-state index contributed by atoms with van der Waals surface area (Å²) in [6.07, 6.45) is 4.23. The molecule has 0 spiro atoms. The van der Waals surface area contributed by atoms with Crippen LogP contribution in [0.1, 0.15) is 35.6 Å². The standard InChI is InChI=1S/C19H17F3/c1-2-3-13-7-9-17(19(22)18(13)21)14-5-4-12-6-8-16(20)11-15(12)10-14/h5-9,11H,2-4,10H2,1H3. The summed E-state index contributed by atoms with van der Waals surface area (Å²) in [6.45, 7) is 1.93. The minimum atomic E-state index is -0.794. The molecular weight excluding hydrogens is 285 g/mol. The van der Waals surface area contributed by atoms with E-state index in [0.29, 0.717) is 24.8 Å². The first-order valence-corrected chi connectivity index (χ1v) is 7.53. The van der Waals surface area contributed by atoms with Gasteiger partial charge in [-0.1, -0.05) is 37.6 Å². The monoisotopic (exact) mass is 302 g/mol. The Morgan fingerprint density at radius 3 is 2.55 bits per heavy atom. The summed E-state index contributed by atoms with van der Waals surface area (Å²) in [4.78, 5) is 0. The number of allylic oxidation sites excluding steroid dienone is 2. The molecule has 0 heterocycles. The molecule has 0 amide bonds. The van der Waals surface area contributed by atoms with Gasteiger partial charge in [-0.05, 0) is 53.7 Å². The third-order valence-corrected chi connectivity index (χ3v) is 4.15. The summed E-state index contributed by atoms with van der Waals surface area (Å²) in [5.74, 6) is -1.85. The van der Waals surface area contributed by atoms with Gasteiger partial charge >= 0.3 is 0 Å². The van der Waals surface area contributed by atoms with Gasteiger partial charge in [-0.2, -0.15) is 0 Å². The Bertz CT molecular complexity index is 745. The van der Waals surface area contributed by atoms with Crippen LogP contribution in [0.2, 0.25) is 0 Å². The van der Waals surface area contributed by atoms with Crippen LogP contribution in [0.4, 0.5) is 13.2 Å². The molecule has 0 saturated carbocycles. The summed E-state index contributed by atoms with van der Waals surface area (Å²) in [6, 6.07) is 7.94. The van der Waals surface area contributed by atoms with Gasteiger partial charge in [0.25, 0.3) is 0 Å². The molecule has 0 aliphatic heterocycles. The fourth-order valence-electron chi connectivity index (χ4n) is 2.97. The number of hydrogen-bond acceptors (Lipinski definition) is 0. The molecule has 114 valence electrons. The highest BCUT2D eigenvalue weighted by molar-refractivity contribution is 5.71. The predicted octanol–water partition coefficient (Wildman–Crippen LogP) is 5.24. The largest absolute Gasteiger partial charge is 0.207 e. The molecular formula is C19H17F3. The van der Waals surface area contributed by atoms with E-state index in [1.54, 1.807) is 18.2 Å². The lowest BCUT2D eigenvalue weighted by atomic mass is 9.87. The normalized spacial score (nSPS) is 13.7. The number of halogens is 3. The maximum Gasteiger partial charge on any atom is 0.166 e. The van der Waals surface area contributed by atoms with E-state index in [4.69, 9.17) is 0 Å². The van der Waals surface area contributed by atoms with E-state index in [1.807, 2.05) is 13.0 Å². The highest BCUT2D eigenvalue weighted by Gasteiger charge is 2.19. The fraction of sp³-hybridized carbons (Fsp3) is 0.263. The smallest absolute Gasteiger partial charge is 0.166 e. The third-order valence-electron chi connectivity index (χ3n) is 4.15. The van der Waals surface area contributed by atoms with Crippen molar-refractivity contribution in [3.05, 3.63) is 76.1 Å². The molecule has 0 N–H and O–H groups in total. The zero-order chi connectivity index (χ0) is 15.7. The number of fused-ring (bicyclic) bond motifs is 1. The number of aryl methyl sites for hydroxylation is 1. The SMILES string of the molecule is CCCc1ccc(C2=CCc3ccc(F)cc3C2)c(F)c1F. The lowest BCUT2D eigenvalue weighted by Gasteiger charge is -2.18. The molecule has 1 aliphatic rings. The van der Waals surface area contributed by atoms with Crippen LogP contribution in [0.5, 0.6) is 0 Å². The van der Waals surface area contributed by atoms with E-state index in [-0.39, 0.29) is 11.4 Å². The van der Waals surface area contributed by atoms with Gasteiger partial charge in [0.05, 0.1) is 0 Å². The van der Waals surface area contributed by atoms with Gasteiger partial charge in [-0.15, -0.1) is 0 Å². The van der Waals surface area contributed by atoms with Gasteiger partial charge in [0.1, 0.15) is 5.82 Å². The van der Waals surface area contributed by atoms with Gasteiger partial charge in [-0.3, -0.25) is 0 Å². The molecule has 0 atom stereocenters. The van der Waals surface area contributed by atoms with E-state index in [9.17, 15) is 13.2 Å². The lowest BCUT2D eigenvalue weighted by molar-refractivity contribution is 0.495. The van der Waals surface area contributed by atoms with Gasteiger partial charge in [-0.25, -0.2) is 13.2 Å². The predicted molar refractivity (Wildman–Crippen MR) is 82.1 cm³/mol. The Kier molecular flexibility index (Phi) is 4.06. The zero-order valence-corrected chi connectivity index (χ0v) is 12.4. The molecule has 1 aliphatic carbocycles. The van der Waals surface area contributed by atoms with E-state index >= 15 is 0 Å². The second-order valence-corrected chi connectivity index (χ2v) is 5.67. The van der Waals surface area contributed by atoms with E-state index in [2.05, 4.69) is 0 Å². The van der Waals surface area contributed by atoms with Crippen molar-refractivity contribution in [2.45, 2.75) is 32.6 Å². The van der Waals surface area contributed by atoms with Gasteiger partial charge in [0.15, 0.2) is 11.6 Å². The van der Waals surface area contributed by atoms with E-state index in [1.165, 1.54) is 12.1 Å². The summed E-state index contributed by atoms with van der Waals surface area (Å²) >= 11 is 0.